The second kappa shape index (κ2) is 10.4. The lowest BCUT2D eigenvalue weighted by Gasteiger charge is -2.12. The Morgan fingerprint density at radius 2 is 1.24 bits per heavy atom. The highest BCUT2D eigenvalue weighted by atomic mass is 35.5. The predicted molar refractivity (Wildman–Crippen MR) is 139 cm³/mol. The van der Waals surface area contributed by atoms with E-state index in [1.165, 1.54) is 0 Å². The highest BCUT2D eigenvalue weighted by Crippen LogP contribution is 2.41. The molecule has 0 atom stereocenters. The van der Waals surface area contributed by atoms with Crippen LogP contribution in [-0.4, -0.2) is 28.8 Å². The summed E-state index contributed by atoms with van der Waals surface area (Å²) in [6.07, 6.45) is 0. The van der Waals surface area contributed by atoms with Gasteiger partial charge in [0.05, 0.1) is 25.3 Å². The third kappa shape index (κ3) is 4.22. The first-order valence-electron chi connectivity index (χ1n) is 11.1. The van der Waals surface area contributed by atoms with Gasteiger partial charge in [-0.05, 0) is 23.3 Å². The van der Waals surface area contributed by atoms with E-state index in [2.05, 4.69) is 0 Å². The number of halogens is 1. The van der Waals surface area contributed by atoms with Gasteiger partial charge in [-0.3, -0.25) is 0 Å². The molecular weight excluding hydrogens is 446 g/mol. The minimum Gasteiger partial charge on any atom is -0.497 e. The number of methoxy groups -OCH3 is 2. The van der Waals surface area contributed by atoms with Gasteiger partial charge in [0.1, 0.15) is 16.6 Å². The van der Waals surface area contributed by atoms with Gasteiger partial charge < -0.3 is 9.47 Å². The van der Waals surface area contributed by atoms with Gasteiger partial charge in [-0.1, -0.05) is 98.2 Å². The van der Waals surface area contributed by atoms with Crippen LogP contribution in [0.5, 0.6) is 11.6 Å². The molecule has 6 heteroatoms. The summed E-state index contributed by atoms with van der Waals surface area (Å²) in [5.74, 6) is 1.28. The molecule has 0 N–H and O–H groups in total. The van der Waals surface area contributed by atoms with Crippen molar-refractivity contribution in [1.29, 1.82) is 0 Å². The van der Waals surface area contributed by atoms with Gasteiger partial charge in [-0.15, -0.1) is 0 Å². The van der Waals surface area contributed by atoms with Gasteiger partial charge in [0.2, 0.25) is 5.88 Å². The molecule has 0 bridgehead atoms. The first-order valence-corrected chi connectivity index (χ1v) is 11.5. The Balaban J connectivity index is 0.00000133. The van der Waals surface area contributed by atoms with Crippen LogP contribution in [-0.2, 0) is 0 Å². The summed E-state index contributed by atoms with van der Waals surface area (Å²) in [6.45, 7) is 4.00. The number of hydrogen-bond acceptors (Lipinski definition) is 4. The molecule has 3 aromatic carbocycles. The highest BCUT2D eigenvalue weighted by Gasteiger charge is 2.24. The lowest BCUT2D eigenvalue weighted by molar-refractivity contribution is 0.387. The Hall–Kier alpha value is -3.83. The lowest BCUT2D eigenvalue weighted by atomic mass is 10.0. The minimum absolute atomic E-state index is 0.344. The molecule has 0 fully saturated rings. The molecule has 5 aromatic rings. The monoisotopic (exact) mass is 471 g/mol. The average Bonchev–Trinajstić information content (AvgIpc) is 3.29. The Labute approximate surface area is 204 Å². The van der Waals surface area contributed by atoms with Crippen LogP contribution in [0.1, 0.15) is 13.8 Å². The maximum atomic E-state index is 6.75. The van der Waals surface area contributed by atoms with Crippen LogP contribution in [0.4, 0.5) is 0 Å². The van der Waals surface area contributed by atoms with E-state index in [0.717, 1.165) is 33.7 Å². The van der Waals surface area contributed by atoms with E-state index >= 15 is 0 Å². The fraction of sp³-hybridized carbons (Fsp3) is 0.143. The van der Waals surface area contributed by atoms with Crippen molar-refractivity contribution in [2.24, 2.45) is 0 Å². The van der Waals surface area contributed by atoms with Crippen LogP contribution in [0.25, 0.3) is 39.2 Å². The van der Waals surface area contributed by atoms with Gasteiger partial charge in [0.15, 0.2) is 5.65 Å². The Morgan fingerprint density at radius 3 is 1.79 bits per heavy atom. The summed E-state index contributed by atoms with van der Waals surface area (Å²) in [4.78, 5) is 4.78. The number of rotatable bonds is 5. The molecule has 0 saturated heterocycles. The Bertz CT molecular complexity index is 1380. The molecule has 172 valence electrons. The van der Waals surface area contributed by atoms with E-state index in [9.17, 15) is 0 Å². The zero-order valence-corrected chi connectivity index (χ0v) is 20.4. The number of aromatic nitrogens is 3. The average molecular weight is 472 g/mol. The molecule has 5 nitrogen and oxygen atoms in total. The molecule has 0 aliphatic rings. The second-order valence-corrected chi connectivity index (χ2v) is 7.56. The molecule has 2 heterocycles. The van der Waals surface area contributed by atoms with E-state index in [0.29, 0.717) is 22.2 Å². The van der Waals surface area contributed by atoms with Crippen molar-refractivity contribution in [2.45, 2.75) is 13.8 Å². The molecule has 0 saturated carbocycles. The molecule has 0 unspecified atom stereocenters. The maximum Gasteiger partial charge on any atom is 0.227 e. The molecule has 0 radical (unpaired) electrons. The van der Waals surface area contributed by atoms with Crippen LogP contribution in [0, 0.1) is 0 Å². The van der Waals surface area contributed by atoms with Gasteiger partial charge >= 0.3 is 0 Å². The van der Waals surface area contributed by atoms with Crippen molar-refractivity contribution >= 4 is 17.2 Å². The molecular formula is C28H26ClN3O2. The van der Waals surface area contributed by atoms with Crippen molar-refractivity contribution in [1.82, 2.24) is 14.6 Å². The van der Waals surface area contributed by atoms with Crippen LogP contribution in [0.3, 0.4) is 0 Å². The van der Waals surface area contributed by atoms with E-state index in [1.807, 2.05) is 98.8 Å². The van der Waals surface area contributed by atoms with E-state index in [-0.39, 0.29) is 0 Å². The largest absolute Gasteiger partial charge is 0.497 e. The third-order valence-corrected chi connectivity index (χ3v) is 5.63. The second-order valence-electron chi connectivity index (χ2n) is 7.21. The topological polar surface area (TPSA) is 48.7 Å². The first kappa shape index (κ1) is 23.3. The highest BCUT2D eigenvalue weighted by molar-refractivity contribution is 6.32. The Morgan fingerprint density at radius 1 is 0.676 bits per heavy atom. The first-order chi connectivity index (χ1) is 16.7. The zero-order chi connectivity index (χ0) is 24.1. The minimum atomic E-state index is 0.344. The molecule has 0 aliphatic carbocycles. The van der Waals surface area contributed by atoms with Crippen LogP contribution in [0.15, 0.2) is 84.9 Å². The SMILES string of the molecule is CC.COc1ccc(-c2c(Cl)nc3c(-c4ccccc4)c(-c4ccccc4)nn3c2OC)cc1. The third-order valence-electron chi connectivity index (χ3n) is 5.36. The number of ether oxygens (including phenoxy) is 2. The quantitative estimate of drug-likeness (QED) is 0.250. The van der Waals surface area contributed by atoms with Crippen LogP contribution >= 0.6 is 11.6 Å². The summed E-state index contributed by atoms with van der Waals surface area (Å²) in [5.41, 5.74) is 5.87. The Kier molecular flexibility index (Phi) is 7.14. The summed E-state index contributed by atoms with van der Waals surface area (Å²) < 4.78 is 12.8. The normalized spacial score (nSPS) is 10.5. The van der Waals surface area contributed by atoms with Crippen LogP contribution < -0.4 is 9.47 Å². The van der Waals surface area contributed by atoms with Crippen molar-refractivity contribution < 1.29 is 9.47 Å². The number of hydrogen-bond donors (Lipinski definition) is 0. The number of nitrogens with zero attached hydrogens (tertiary/aromatic N) is 3. The summed E-state index contributed by atoms with van der Waals surface area (Å²) in [6, 6.07) is 27.7. The smallest absolute Gasteiger partial charge is 0.227 e. The standard InChI is InChI=1S/C26H20ClN3O2.C2H6/c1-31-20-15-13-18(14-16-20)22-24(27)28-25-21(17-9-5-3-6-10-17)23(19-11-7-4-8-12-19)29-30(25)26(22)32-2;1-2/h3-16H,1-2H3;1-2H3. The molecule has 34 heavy (non-hydrogen) atoms. The van der Waals surface area contributed by atoms with E-state index in [1.54, 1.807) is 18.7 Å². The van der Waals surface area contributed by atoms with Gasteiger partial charge in [-0.2, -0.15) is 9.61 Å². The van der Waals surface area contributed by atoms with Gasteiger partial charge in [0.25, 0.3) is 0 Å². The lowest BCUT2D eigenvalue weighted by Crippen LogP contribution is -2.02. The predicted octanol–water partition coefficient (Wildman–Crippen LogP) is 7.43. The number of benzene rings is 3. The fourth-order valence-corrected chi connectivity index (χ4v) is 4.12. The zero-order valence-electron chi connectivity index (χ0n) is 19.6. The van der Waals surface area contributed by atoms with Crippen molar-refractivity contribution in [3.05, 3.63) is 90.1 Å². The van der Waals surface area contributed by atoms with Gasteiger partial charge in [-0.25, -0.2) is 4.98 Å². The van der Waals surface area contributed by atoms with Crippen molar-refractivity contribution in [3.63, 3.8) is 0 Å². The van der Waals surface area contributed by atoms with Crippen molar-refractivity contribution in [2.75, 3.05) is 14.2 Å². The molecule has 5 rings (SSSR count). The molecule has 0 amide bonds. The van der Waals surface area contributed by atoms with Crippen LogP contribution in [0.2, 0.25) is 5.15 Å². The summed E-state index contributed by atoms with van der Waals surface area (Å²) in [7, 11) is 3.25. The molecule has 0 spiro atoms. The molecule has 0 aliphatic heterocycles. The number of fused-ring (bicyclic) bond motifs is 1. The fourth-order valence-electron chi connectivity index (χ4n) is 3.85. The maximum absolute atomic E-state index is 6.75. The molecule has 2 aromatic heterocycles. The van der Waals surface area contributed by atoms with Crippen molar-refractivity contribution in [3.8, 4) is 45.1 Å². The van der Waals surface area contributed by atoms with Gasteiger partial charge in [0, 0.05) is 5.56 Å². The van der Waals surface area contributed by atoms with E-state index in [4.69, 9.17) is 31.2 Å². The summed E-state index contributed by atoms with van der Waals surface area (Å²) in [5, 5.41) is 5.28. The van der Waals surface area contributed by atoms with E-state index < -0.39 is 0 Å². The summed E-state index contributed by atoms with van der Waals surface area (Å²) >= 11 is 6.75.